The predicted molar refractivity (Wildman–Crippen MR) is 158 cm³/mol. The molecule has 0 unspecified atom stereocenters. The molecule has 1 aliphatic carbocycles. The predicted octanol–water partition coefficient (Wildman–Crippen LogP) is 5.24. The maximum absolute atomic E-state index is 14.0. The molecule has 1 aliphatic rings. The van der Waals surface area contributed by atoms with E-state index in [0.717, 1.165) is 59.7 Å². The Morgan fingerprint density at radius 1 is 0.927 bits per heavy atom. The molecule has 0 bridgehead atoms. The van der Waals surface area contributed by atoms with Crippen molar-refractivity contribution >= 4 is 27.5 Å². The van der Waals surface area contributed by atoms with Gasteiger partial charge >= 0.3 is 0 Å². The first-order valence-electron chi connectivity index (χ1n) is 14.1. The summed E-state index contributed by atoms with van der Waals surface area (Å²) >= 11 is 0. The van der Waals surface area contributed by atoms with Gasteiger partial charge in [0, 0.05) is 12.6 Å². The molecule has 0 aromatic heterocycles. The Morgan fingerprint density at radius 2 is 1.56 bits per heavy atom. The Morgan fingerprint density at radius 3 is 2.20 bits per heavy atom. The second kappa shape index (κ2) is 13.8. The van der Waals surface area contributed by atoms with Gasteiger partial charge in [-0.1, -0.05) is 67.3 Å². The van der Waals surface area contributed by atoms with Gasteiger partial charge in [0.05, 0.1) is 10.6 Å². The molecule has 3 aromatic carbocycles. The lowest BCUT2D eigenvalue weighted by Crippen LogP contribution is -2.53. The van der Waals surface area contributed by atoms with E-state index in [0.29, 0.717) is 6.42 Å². The van der Waals surface area contributed by atoms with Crippen LogP contribution in [0.25, 0.3) is 0 Å². The SMILES string of the molecule is Cc1ccc(S(=O)(=O)N(CC(=O)N(CCc2ccccc2)[C@@H](C)C(=O)NC2CCCCC2)c2ccc(F)cc2)cc1. The van der Waals surface area contributed by atoms with E-state index in [-0.39, 0.29) is 29.1 Å². The first kappa shape index (κ1) is 30.2. The standard InChI is InChI=1S/C32H38FN3O4S/c1-24-13-19-30(20-14-24)41(39,40)36(29-17-15-27(33)16-18-29)23-31(37)35(22-21-26-9-5-3-6-10-26)25(2)32(38)34-28-11-7-4-8-12-28/h3,5-6,9-10,13-20,25,28H,4,7-8,11-12,21-23H2,1-2H3,(H,34,38)/t25-/m0/s1. The van der Waals surface area contributed by atoms with E-state index in [2.05, 4.69) is 5.32 Å². The van der Waals surface area contributed by atoms with E-state index in [9.17, 15) is 22.4 Å². The molecule has 218 valence electrons. The molecular weight excluding hydrogens is 541 g/mol. The van der Waals surface area contributed by atoms with Crippen molar-refractivity contribution in [3.05, 3.63) is 95.8 Å². The van der Waals surface area contributed by atoms with Crippen LogP contribution in [0.1, 0.15) is 50.2 Å². The fourth-order valence-corrected chi connectivity index (χ4v) is 6.53. The van der Waals surface area contributed by atoms with Crippen molar-refractivity contribution in [2.45, 2.75) is 69.4 Å². The van der Waals surface area contributed by atoms with Gasteiger partial charge in [0.25, 0.3) is 10.0 Å². The summed E-state index contributed by atoms with van der Waals surface area (Å²) in [4.78, 5) is 28.7. The Labute approximate surface area is 242 Å². The highest BCUT2D eigenvalue weighted by atomic mass is 32.2. The number of rotatable bonds is 11. The molecule has 0 saturated heterocycles. The summed E-state index contributed by atoms with van der Waals surface area (Å²) < 4.78 is 42.4. The third-order valence-electron chi connectivity index (χ3n) is 7.61. The van der Waals surface area contributed by atoms with E-state index in [1.807, 2.05) is 37.3 Å². The van der Waals surface area contributed by atoms with Crippen LogP contribution in [0, 0.1) is 12.7 Å². The van der Waals surface area contributed by atoms with Gasteiger partial charge in [-0.05, 0) is 75.1 Å². The van der Waals surface area contributed by atoms with E-state index in [1.165, 1.54) is 29.2 Å². The number of aryl methyl sites for hydroxylation is 1. The van der Waals surface area contributed by atoms with Gasteiger partial charge in [-0.25, -0.2) is 12.8 Å². The number of anilines is 1. The molecule has 1 atom stereocenters. The van der Waals surface area contributed by atoms with E-state index >= 15 is 0 Å². The highest BCUT2D eigenvalue weighted by Gasteiger charge is 2.33. The Kier molecular flexibility index (Phi) is 10.2. The maximum atomic E-state index is 14.0. The number of hydrogen-bond donors (Lipinski definition) is 1. The van der Waals surface area contributed by atoms with E-state index in [1.54, 1.807) is 19.1 Å². The summed E-state index contributed by atoms with van der Waals surface area (Å²) in [5.41, 5.74) is 2.04. The van der Waals surface area contributed by atoms with Crippen molar-refractivity contribution in [1.82, 2.24) is 10.2 Å². The summed E-state index contributed by atoms with van der Waals surface area (Å²) in [6, 6.07) is 20.2. The summed E-state index contributed by atoms with van der Waals surface area (Å²) in [5.74, 6) is -1.30. The molecule has 0 heterocycles. The average molecular weight is 580 g/mol. The second-order valence-electron chi connectivity index (χ2n) is 10.6. The van der Waals surface area contributed by atoms with Crippen molar-refractivity contribution in [2.24, 2.45) is 0 Å². The molecule has 7 nitrogen and oxygen atoms in total. The Balaban J connectivity index is 1.63. The van der Waals surface area contributed by atoms with Crippen LogP contribution < -0.4 is 9.62 Å². The van der Waals surface area contributed by atoms with E-state index < -0.39 is 34.3 Å². The third kappa shape index (κ3) is 7.94. The normalized spacial score (nSPS) is 14.7. The smallest absolute Gasteiger partial charge is 0.264 e. The van der Waals surface area contributed by atoms with E-state index in [4.69, 9.17) is 0 Å². The van der Waals surface area contributed by atoms with Crippen LogP contribution in [-0.4, -0.2) is 50.3 Å². The highest BCUT2D eigenvalue weighted by molar-refractivity contribution is 7.92. The van der Waals surface area contributed by atoms with Crippen LogP contribution >= 0.6 is 0 Å². The molecule has 1 N–H and O–H groups in total. The number of carbonyl (C=O) groups excluding carboxylic acids is 2. The second-order valence-corrected chi connectivity index (χ2v) is 12.5. The molecule has 1 saturated carbocycles. The summed E-state index contributed by atoms with van der Waals surface area (Å²) in [6.07, 6.45) is 5.57. The van der Waals surface area contributed by atoms with Crippen LogP contribution in [0.5, 0.6) is 0 Å². The lowest BCUT2D eigenvalue weighted by Gasteiger charge is -2.33. The molecule has 0 aliphatic heterocycles. The molecule has 0 spiro atoms. The molecule has 0 radical (unpaired) electrons. The fraction of sp³-hybridized carbons (Fsp3) is 0.375. The summed E-state index contributed by atoms with van der Waals surface area (Å²) in [7, 11) is -4.19. The molecule has 2 amide bonds. The molecule has 1 fully saturated rings. The van der Waals surface area contributed by atoms with Crippen LogP contribution in [0.2, 0.25) is 0 Å². The summed E-state index contributed by atoms with van der Waals surface area (Å²) in [5, 5.41) is 3.10. The molecule has 4 rings (SSSR count). The average Bonchev–Trinajstić information content (AvgIpc) is 2.97. The van der Waals surface area contributed by atoms with Crippen molar-refractivity contribution in [1.29, 1.82) is 0 Å². The number of hydrogen-bond acceptors (Lipinski definition) is 4. The van der Waals surface area contributed by atoms with Crippen LogP contribution in [-0.2, 0) is 26.0 Å². The van der Waals surface area contributed by atoms with Crippen LogP contribution in [0.15, 0.2) is 83.8 Å². The van der Waals surface area contributed by atoms with Gasteiger partial charge in [0.1, 0.15) is 18.4 Å². The number of carbonyl (C=O) groups is 2. The van der Waals surface area contributed by atoms with Crippen LogP contribution in [0.3, 0.4) is 0 Å². The Hall–Kier alpha value is -3.72. The number of nitrogens with one attached hydrogen (secondary N) is 1. The van der Waals surface area contributed by atoms with Gasteiger partial charge in [0.15, 0.2) is 0 Å². The topological polar surface area (TPSA) is 86.8 Å². The number of nitrogens with zero attached hydrogens (tertiary/aromatic N) is 2. The molecule has 41 heavy (non-hydrogen) atoms. The minimum Gasteiger partial charge on any atom is -0.352 e. The first-order chi connectivity index (χ1) is 19.6. The minimum atomic E-state index is -4.19. The van der Waals surface area contributed by atoms with Gasteiger partial charge in [-0.3, -0.25) is 13.9 Å². The van der Waals surface area contributed by atoms with Gasteiger partial charge in [-0.2, -0.15) is 0 Å². The minimum absolute atomic E-state index is 0.0131. The monoisotopic (exact) mass is 579 g/mol. The van der Waals surface area contributed by atoms with Crippen molar-refractivity contribution < 1.29 is 22.4 Å². The van der Waals surface area contributed by atoms with Crippen LogP contribution in [0.4, 0.5) is 10.1 Å². The van der Waals surface area contributed by atoms with Gasteiger partial charge < -0.3 is 10.2 Å². The zero-order valence-electron chi connectivity index (χ0n) is 23.6. The summed E-state index contributed by atoms with van der Waals surface area (Å²) in [6.45, 7) is 3.21. The number of amides is 2. The zero-order chi connectivity index (χ0) is 29.4. The zero-order valence-corrected chi connectivity index (χ0v) is 24.4. The van der Waals surface area contributed by atoms with Crippen molar-refractivity contribution in [2.75, 3.05) is 17.4 Å². The quantitative estimate of drug-likeness (QED) is 0.337. The molecule has 9 heteroatoms. The number of halogens is 1. The van der Waals surface area contributed by atoms with Gasteiger partial charge in [-0.15, -0.1) is 0 Å². The largest absolute Gasteiger partial charge is 0.352 e. The van der Waals surface area contributed by atoms with Gasteiger partial charge in [0.2, 0.25) is 11.8 Å². The fourth-order valence-electron chi connectivity index (χ4n) is 5.11. The van der Waals surface area contributed by atoms with Crippen molar-refractivity contribution in [3.63, 3.8) is 0 Å². The Bertz CT molecular complexity index is 1410. The van der Waals surface area contributed by atoms with Crippen molar-refractivity contribution in [3.8, 4) is 0 Å². The lowest BCUT2D eigenvalue weighted by atomic mass is 9.95. The molecule has 3 aromatic rings. The molecular formula is C32H38FN3O4S. The first-order valence-corrected chi connectivity index (χ1v) is 15.6. The lowest BCUT2D eigenvalue weighted by molar-refractivity contribution is -0.139. The number of benzene rings is 3. The highest BCUT2D eigenvalue weighted by Crippen LogP contribution is 2.25. The maximum Gasteiger partial charge on any atom is 0.264 e. The number of sulfonamides is 1. The third-order valence-corrected chi connectivity index (χ3v) is 9.39.